The average Bonchev–Trinajstić information content (AvgIpc) is 2.35. The number of halogens is 1. The van der Waals surface area contributed by atoms with Gasteiger partial charge in [-0.05, 0) is 56.2 Å². The molecule has 0 aromatic heterocycles. The second-order valence-electron chi connectivity index (χ2n) is 4.50. The molecule has 0 unspecified atom stereocenters. The highest BCUT2D eigenvalue weighted by atomic mass is 79.9. The Labute approximate surface area is 121 Å². The molecule has 0 heterocycles. The Kier molecular flexibility index (Phi) is 4.05. The summed E-state index contributed by atoms with van der Waals surface area (Å²) < 4.78 is 6.80. The predicted octanol–water partition coefficient (Wildman–Crippen LogP) is 5.06. The van der Waals surface area contributed by atoms with Crippen LogP contribution in [-0.2, 0) is 0 Å². The monoisotopic (exact) mass is 318 g/mol. The molecule has 3 heteroatoms. The van der Waals surface area contributed by atoms with Crippen LogP contribution in [0.3, 0.4) is 0 Å². The molecular weight excluding hydrogens is 304 g/mol. The highest BCUT2D eigenvalue weighted by Crippen LogP contribution is 2.31. The summed E-state index contributed by atoms with van der Waals surface area (Å²) in [5.41, 5.74) is 2.83. The van der Waals surface area contributed by atoms with Crippen LogP contribution in [0.2, 0.25) is 0 Å². The lowest BCUT2D eigenvalue weighted by Gasteiger charge is -2.13. The topological polar surface area (TPSA) is 26.3 Å². The van der Waals surface area contributed by atoms with E-state index in [9.17, 15) is 4.79 Å². The fourth-order valence-electron chi connectivity index (χ4n) is 1.82. The molecule has 2 nitrogen and oxygen atoms in total. The van der Waals surface area contributed by atoms with E-state index in [0.717, 1.165) is 21.3 Å². The van der Waals surface area contributed by atoms with Crippen molar-refractivity contribution in [2.75, 3.05) is 0 Å². The maximum Gasteiger partial charge on any atom is 0.163 e. The standard InChI is InChI=1S/C16H15BrO2/c1-10-5-4-6-15(11(10)2)19-16-9-13(17)7-8-14(16)12(3)18/h4-9H,1-3H3. The smallest absolute Gasteiger partial charge is 0.163 e. The first-order chi connectivity index (χ1) is 8.99. The molecule has 0 saturated heterocycles. The Morgan fingerprint density at radius 2 is 1.84 bits per heavy atom. The number of hydrogen-bond acceptors (Lipinski definition) is 2. The summed E-state index contributed by atoms with van der Waals surface area (Å²) in [6, 6.07) is 11.3. The van der Waals surface area contributed by atoms with Gasteiger partial charge in [-0.15, -0.1) is 0 Å². The van der Waals surface area contributed by atoms with Gasteiger partial charge in [-0.3, -0.25) is 4.79 Å². The van der Waals surface area contributed by atoms with Gasteiger partial charge in [0.15, 0.2) is 5.78 Å². The van der Waals surface area contributed by atoms with Crippen molar-refractivity contribution in [3.05, 3.63) is 57.6 Å². The van der Waals surface area contributed by atoms with Gasteiger partial charge in [-0.2, -0.15) is 0 Å². The number of carbonyl (C=O) groups is 1. The summed E-state index contributed by atoms with van der Waals surface area (Å²) >= 11 is 3.40. The van der Waals surface area contributed by atoms with Crippen molar-refractivity contribution in [2.45, 2.75) is 20.8 Å². The summed E-state index contributed by atoms with van der Waals surface area (Å²) in [4.78, 5) is 11.6. The Morgan fingerprint density at radius 1 is 1.11 bits per heavy atom. The van der Waals surface area contributed by atoms with Crippen molar-refractivity contribution >= 4 is 21.7 Å². The number of rotatable bonds is 3. The molecule has 2 aromatic carbocycles. The highest BCUT2D eigenvalue weighted by Gasteiger charge is 2.11. The van der Waals surface area contributed by atoms with Crippen LogP contribution < -0.4 is 4.74 Å². The minimum atomic E-state index is -0.00666. The number of Topliss-reactive ketones (excluding diaryl/α,β-unsaturated/α-hetero) is 1. The summed E-state index contributed by atoms with van der Waals surface area (Å²) in [6.07, 6.45) is 0. The molecule has 0 aliphatic heterocycles. The lowest BCUT2D eigenvalue weighted by Crippen LogP contribution is -1.98. The first-order valence-corrected chi connectivity index (χ1v) is 6.83. The van der Waals surface area contributed by atoms with Gasteiger partial charge in [0.1, 0.15) is 11.5 Å². The van der Waals surface area contributed by atoms with Gasteiger partial charge in [-0.25, -0.2) is 0 Å². The van der Waals surface area contributed by atoms with E-state index < -0.39 is 0 Å². The van der Waals surface area contributed by atoms with Gasteiger partial charge in [0, 0.05) is 4.47 Å². The molecule has 2 aromatic rings. The van der Waals surface area contributed by atoms with Gasteiger partial charge < -0.3 is 4.74 Å². The average molecular weight is 319 g/mol. The summed E-state index contributed by atoms with van der Waals surface area (Å²) in [5.74, 6) is 1.35. The van der Waals surface area contributed by atoms with Gasteiger partial charge in [0.25, 0.3) is 0 Å². The zero-order valence-electron chi connectivity index (χ0n) is 11.2. The van der Waals surface area contributed by atoms with E-state index in [1.807, 2.05) is 44.2 Å². The van der Waals surface area contributed by atoms with Crippen LogP contribution in [0.1, 0.15) is 28.4 Å². The zero-order chi connectivity index (χ0) is 14.0. The van der Waals surface area contributed by atoms with E-state index in [1.54, 1.807) is 13.0 Å². The molecule has 2 rings (SSSR count). The molecule has 0 N–H and O–H groups in total. The molecule has 0 aliphatic carbocycles. The summed E-state index contributed by atoms with van der Waals surface area (Å²) in [5, 5.41) is 0. The van der Waals surface area contributed by atoms with Gasteiger partial charge in [0.05, 0.1) is 5.56 Å². The maximum absolute atomic E-state index is 11.6. The van der Waals surface area contributed by atoms with Gasteiger partial charge in [0.2, 0.25) is 0 Å². The van der Waals surface area contributed by atoms with Crippen molar-refractivity contribution in [3.63, 3.8) is 0 Å². The largest absolute Gasteiger partial charge is 0.456 e. The van der Waals surface area contributed by atoms with Crippen molar-refractivity contribution in [3.8, 4) is 11.5 Å². The quantitative estimate of drug-likeness (QED) is 0.739. The van der Waals surface area contributed by atoms with E-state index in [4.69, 9.17) is 4.74 Å². The van der Waals surface area contributed by atoms with Crippen molar-refractivity contribution in [1.82, 2.24) is 0 Å². The molecule has 0 bridgehead atoms. The molecule has 0 atom stereocenters. The van der Waals surface area contributed by atoms with Crippen LogP contribution >= 0.6 is 15.9 Å². The molecule has 0 saturated carbocycles. The Bertz CT molecular complexity index is 633. The summed E-state index contributed by atoms with van der Waals surface area (Å²) in [7, 11) is 0. The normalized spacial score (nSPS) is 10.3. The summed E-state index contributed by atoms with van der Waals surface area (Å²) in [6.45, 7) is 5.59. The fourth-order valence-corrected chi connectivity index (χ4v) is 2.16. The van der Waals surface area contributed by atoms with E-state index in [0.29, 0.717) is 11.3 Å². The lowest BCUT2D eigenvalue weighted by molar-refractivity contribution is 0.101. The second-order valence-corrected chi connectivity index (χ2v) is 5.41. The Balaban J connectivity index is 2.45. The van der Waals surface area contributed by atoms with Crippen molar-refractivity contribution < 1.29 is 9.53 Å². The molecule has 0 radical (unpaired) electrons. The van der Waals surface area contributed by atoms with Crippen molar-refractivity contribution in [2.24, 2.45) is 0 Å². The third-order valence-electron chi connectivity index (χ3n) is 3.10. The van der Waals surface area contributed by atoms with Gasteiger partial charge in [-0.1, -0.05) is 28.1 Å². The van der Waals surface area contributed by atoms with Crippen LogP contribution in [0, 0.1) is 13.8 Å². The first-order valence-electron chi connectivity index (χ1n) is 6.03. The van der Waals surface area contributed by atoms with Crippen LogP contribution in [0.15, 0.2) is 40.9 Å². The van der Waals surface area contributed by atoms with Crippen LogP contribution in [0.4, 0.5) is 0 Å². The lowest BCUT2D eigenvalue weighted by atomic mass is 10.1. The molecule has 0 fully saturated rings. The van der Waals surface area contributed by atoms with E-state index in [2.05, 4.69) is 15.9 Å². The van der Waals surface area contributed by atoms with E-state index in [1.165, 1.54) is 0 Å². The number of aryl methyl sites for hydroxylation is 1. The number of ether oxygens (including phenoxy) is 1. The minimum Gasteiger partial charge on any atom is -0.456 e. The van der Waals surface area contributed by atoms with E-state index >= 15 is 0 Å². The Hall–Kier alpha value is -1.61. The Morgan fingerprint density at radius 3 is 2.53 bits per heavy atom. The van der Waals surface area contributed by atoms with E-state index in [-0.39, 0.29) is 5.78 Å². The number of carbonyl (C=O) groups excluding carboxylic acids is 1. The number of benzene rings is 2. The fraction of sp³-hybridized carbons (Fsp3) is 0.188. The van der Waals surface area contributed by atoms with Crippen LogP contribution in [0.5, 0.6) is 11.5 Å². The molecule has 0 amide bonds. The first kappa shape index (κ1) is 13.8. The predicted molar refractivity (Wildman–Crippen MR) is 80.1 cm³/mol. The maximum atomic E-state index is 11.6. The van der Waals surface area contributed by atoms with Crippen LogP contribution in [-0.4, -0.2) is 5.78 Å². The van der Waals surface area contributed by atoms with Gasteiger partial charge >= 0.3 is 0 Å². The minimum absolute atomic E-state index is 0.00666. The molecule has 0 spiro atoms. The SMILES string of the molecule is CC(=O)c1ccc(Br)cc1Oc1cccc(C)c1C. The number of ketones is 1. The molecule has 98 valence electrons. The zero-order valence-corrected chi connectivity index (χ0v) is 12.7. The van der Waals surface area contributed by atoms with Crippen molar-refractivity contribution in [1.29, 1.82) is 0 Å². The number of hydrogen-bond donors (Lipinski definition) is 0. The van der Waals surface area contributed by atoms with Crippen LogP contribution in [0.25, 0.3) is 0 Å². The molecular formula is C16H15BrO2. The second kappa shape index (κ2) is 5.57. The third-order valence-corrected chi connectivity index (χ3v) is 3.59. The highest BCUT2D eigenvalue weighted by molar-refractivity contribution is 9.10. The molecule has 19 heavy (non-hydrogen) atoms. The molecule has 0 aliphatic rings. The third kappa shape index (κ3) is 3.04.